The second kappa shape index (κ2) is 7.50. The van der Waals surface area contributed by atoms with Gasteiger partial charge in [0.25, 0.3) is 0 Å². The zero-order chi connectivity index (χ0) is 20.5. The number of rotatable bonds is 5. The molecule has 1 atom stereocenters. The van der Waals surface area contributed by atoms with Gasteiger partial charge in [-0.15, -0.1) is 0 Å². The van der Waals surface area contributed by atoms with Crippen LogP contribution in [0, 0.1) is 11.3 Å². The van der Waals surface area contributed by atoms with Crippen molar-refractivity contribution in [2.75, 3.05) is 0 Å². The number of nitrogens with two attached hydrogens (primary N) is 1. The molecule has 3 rings (SSSR count). The third-order valence-electron chi connectivity index (χ3n) is 5.43. The topological polar surface area (TPSA) is 63.9 Å². The molecule has 0 saturated carbocycles. The van der Waals surface area contributed by atoms with Gasteiger partial charge in [0.05, 0.1) is 11.0 Å². The van der Waals surface area contributed by atoms with Gasteiger partial charge >= 0.3 is 0 Å². The fraction of sp³-hybridized carbons (Fsp3) is 0.458. The molecule has 28 heavy (non-hydrogen) atoms. The number of fused-ring (bicyclic) bond motifs is 1. The van der Waals surface area contributed by atoms with Gasteiger partial charge in [0.15, 0.2) is 0 Å². The van der Waals surface area contributed by atoms with Crippen LogP contribution in [0.5, 0.6) is 0 Å². The van der Waals surface area contributed by atoms with E-state index in [9.17, 15) is 0 Å². The van der Waals surface area contributed by atoms with Gasteiger partial charge in [-0.05, 0) is 55.0 Å². The van der Waals surface area contributed by atoms with Crippen LogP contribution in [0.4, 0.5) is 0 Å². The molecule has 0 aliphatic carbocycles. The van der Waals surface area contributed by atoms with Crippen LogP contribution in [0.2, 0.25) is 0 Å². The molecular weight excluding hydrogens is 346 g/mol. The Labute approximate surface area is 168 Å². The lowest BCUT2D eigenvalue weighted by atomic mass is 9.82. The van der Waals surface area contributed by atoms with Gasteiger partial charge in [-0.2, -0.15) is 0 Å². The third kappa shape index (κ3) is 4.16. The summed E-state index contributed by atoms with van der Waals surface area (Å²) in [7, 11) is 0. The van der Waals surface area contributed by atoms with Gasteiger partial charge in [-0.3, -0.25) is 4.98 Å². The summed E-state index contributed by atoms with van der Waals surface area (Å²) in [6.07, 6.45) is 9.75. The molecule has 0 bridgehead atoms. The molecule has 0 saturated heterocycles. The fourth-order valence-corrected chi connectivity index (χ4v) is 3.63. The lowest BCUT2D eigenvalue weighted by Gasteiger charge is -2.24. The Balaban J connectivity index is 1.83. The molecule has 3 N–H and O–H groups in total. The Kier molecular flexibility index (Phi) is 5.42. The number of nitrogens with zero attached hydrogens (tertiary/aromatic N) is 1. The highest BCUT2D eigenvalue weighted by Gasteiger charge is 2.30. The number of hydrogen-bond donors (Lipinski definition) is 2. The Morgan fingerprint density at radius 2 is 2.04 bits per heavy atom. The normalized spacial score (nSPS) is 19.9. The Bertz CT molecular complexity index is 905. The van der Waals surface area contributed by atoms with Crippen molar-refractivity contribution in [1.29, 1.82) is 0 Å². The summed E-state index contributed by atoms with van der Waals surface area (Å²) >= 11 is 0. The van der Waals surface area contributed by atoms with E-state index in [4.69, 9.17) is 10.5 Å². The maximum Gasteiger partial charge on any atom is 0.111 e. The van der Waals surface area contributed by atoms with E-state index in [1.165, 1.54) is 0 Å². The number of pyridine rings is 1. The molecule has 2 aromatic heterocycles. The maximum atomic E-state index is 6.24. The van der Waals surface area contributed by atoms with E-state index in [1.807, 2.05) is 12.3 Å². The van der Waals surface area contributed by atoms with Gasteiger partial charge in [0.2, 0.25) is 0 Å². The first-order valence-corrected chi connectivity index (χ1v) is 10.1. The Hall–Kier alpha value is -2.49. The van der Waals surface area contributed by atoms with Crippen molar-refractivity contribution < 1.29 is 4.74 Å². The van der Waals surface area contributed by atoms with Gasteiger partial charge in [0, 0.05) is 28.6 Å². The summed E-state index contributed by atoms with van der Waals surface area (Å²) in [6, 6.07) is 6.14. The van der Waals surface area contributed by atoms with Gasteiger partial charge < -0.3 is 15.5 Å². The third-order valence-corrected chi connectivity index (χ3v) is 5.43. The van der Waals surface area contributed by atoms with E-state index in [-0.39, 0.29) is 10.8 Å². The molecule has 4 nitrogen and oxygen atoms in total. The van der Waals surface area contributed by atoms with E-state index in [1.54, 1.807) is 6.20 Å². The summed E-state index contributed by atoms with van der Waals surface area (Å²) in [5.74, 6) is 2.35. The first kappa shape index (κ1) is 20.2. The van der Waals surface area contributed by atoms with Crippen molar-refractivity contribution in [2.24, 2.45) is 17.1 Å². The van der Waals surface area contributed by atoms with E-state index >= 15 is 0 Å². The molecule has 150 valence electrons. The zero-order valence-corrected chi connectivity index (χ0v) is 18.0. The number of H-pyrrole nitrogens is 1. The average Bonchev–Trinajstić information content (AvgIpc) is 3.24. The standard InChI is InChI=1S/C24H33N3O/c1-7-17-12-22(23(2,3)4)28-20(17)11-16(15-25)14-24(5,6)21-13-19-18(27-21)9-8-10-26-19/h8-13,15,17,27H,7,14,25H2,1-6H3/b16-15+,20-11+. The van der Waals surface area contributed by atoms with Crippen LogP contribution in [0.25, 0.3) is 11.0 Å². The molecule has 1 aliphatic heterocycles. The van der Waals surface area contributed by atoms with E-state index < -0.39 is 0 Å². The second-order valence-corrected chi connectivity index (χ2v) is 9.37. The van der Waals surface area contributed by atoms with Crippen molar-refractivity contribution >= 4 is 11.0 Å². The number of nitrogens with one attached hydrogen (secondary N) is 1. The highest BCUT2D eigenvalue weighted by Crippen LogP contribution is 2.40. The number of ether oxygens (including phenoxy) is 1. The van der Waals surface area contributed by atoms with E-state index in [0.29, 0.717) is 5.92 Å². The number of allylic oxidation sites excluding steroid dienone is 4. The number of aromatic nitrogens is 2. The van der Waals surface area contributed by atoms with Crippen LogP contribution in [-0.2, 0) is 10.2 Å². The van der Waals surface area contributed by atoms with Gasteiger partial charge in [-0.25, -0.2) is 0 Å². The summed E-state index contributed by atoms with van der Waals surface area (Å²) < 4.78 is 6.24. The summed E-state index contributed by atoms with van der Waals surface area (Å²) in [6.45, 7) is 13.2. The van der Waals surface area contributed by atoms with Gasteiger partial charge in [-0.1, -0.05) is 41.5 Å². The average molecular weight is 380 g/mol. The van der Waals surface area contributed by atoms with Crippen LogP contribution in [0.1, 0.15) is 60.1 Å². The predicted octanol–water partition coefficient (Wildman–Crippen LogP) is 5.94. The minimum absolute atomic E-state index is 0.00618. The van der Waals surface area contributed by atoms with Crippen LogP contribution < -0.4 is 5.73 Å². The second-order valence-electron chi connectivity index (χ2n) is 9.37. The largest absolute Gasteiger partial charge is 0.465 e. The summed E-state index contributed by atoms with van der Waals surface area (Å²) in [5.41, 5.74) is 10.2. The van der Waals surface area contributed by atoms with Crippen molar-refractivity contribution in [1.82, 2.24) is 9.97 Å². The first-order chi connectivity index (χ1) is 13.1. The van der Waals surface area contributed by atoms with Crippen molar-refractivity contribution in [3.05, 3.63) is 65.5 Å². The van der Waals surface area contributed by atoms with Crippen molar-refractivity contribution in [3.63, 3.8) is 0 Å². The van der Waals surface area contributed by atoms with Crippen LogP contribution in [-0.4, -0.2) is 9.97 Å². The van der Waals surface area contributed by atoms with Crippen LogP contribution in [0.15, 0.2) is 59.8 Å². The van der Waals surface area contributed by atoms with Crippen molar-refractivity contribution in [2.45, 2.75) is 59.8 Å². The van der Waals surface area contributed by atoms with Crippen LogP contribution >= 0.6 is 0 Å². The molecular formula is C24H33N3O. The molecule has 1 aliphatic rings. The quantitative estimate of drug-likeness (QED) is 0.675. The summed E-state index contributed by atoms with van der Waals surface area (Å²) in [5, 5.41) is 0. The van der Waals surface area contributed by atoms with Crippen molar-refractivity contribution in [3.8, 4) is 0 Å². The molecule has 3 heterocycles. The monoisotopic (exact) mass is 379 g/mol. The molecule has 0 fully saturated rings. The molecule has 4 heteroatoms. The molecule has 0 aromatic carbocycles. The lowest BCUT2D eigenvalue weighted by molar-refractivity contribution is 0.224. The van der Waals surface area contributed by atoms with E-state index in [2.05, 4.69) is 75.8 Å². The first-order valence-electron chi connectivity index (χ1n) is 10.1. The molecule has 0 amide bonds. The van der Waals surface area contributed by atoms with E-state index in [0.717, 1.165) is 46.7 Å². The maximum absolute atomic E-state index is 6.24. The summed E-state index contributed by atoms with van der Waals surface area (Å²) in [4.78, 5) is 7.95. The van der Waals surface area contributed by atoms with Gasteiger partial charge in [0.1, 0.15) is 11.5 Å². The highest BCUT2D eigenvalue weighted by molar-refractivity contribution is 5.76. The number of hydrogen-bond acceptors (Lipinski definition) is 3. The SMILES string of the molecule is CCC1C=C(C(C)(C)C)O/C1=C/C(=C\N)CC(C)(C)c1cc2ncccc2[nH]1. The smallest absolute Gasteiger partial charge is 0.111 e. The fourth-order valence-electron chi connectivity index (χ4n) is 3.63. The molecule has 1 unspecified atom stereocenters. The Morgan fingerprint density at radius 1 is 1.29 bits per heavy atom. The minimum Gasteiger partial charge on any atom is -0.465 e. The predicted molar refractivity (Wildman–Crippen MR) is 116 cm³/mol. The number of aromatic amines is 1. The Morgan fingerprint density at radius 3 is 2.64 bits per heavy atom. The lowest BCUT2D eigenvalue weighted by Crippen LogP contribution is -2.19. The molecule has 0 spiro atoms. The van der Waals surface area contributed by atoms with Crippen LogP contribution in [0.3, 0.4) is 0 Å². The zero-order valence-electron chi connectivity index (χ0n) is 18.0. The molecule has 2 aromatic rings. The minimum atomic E-state index is -0.108. The highest BCUT2D eigenvalue weighted by atomic mass is 16.5. The molecule has 0 radical (unpaired) electrons.